The lowest BCUT2D eigenvalue weighted by Crippen LogP contribution is -2.40. The maximum Gasteiger partial charge on any atom is 0.416 e. The third kappa shape index (κ3) is 2.93. The van der Waals surface area contributed by atoms with E-state index in [1.807, 2.05) is 49.1 Å². The molecule has 7 heteroatoms. The van der Waals surface area contributed by atoms with Gasteiger partial charge in [-0.05, 0) is 25.1 Å². The molecule has 2 aromatic carbocycles. The number of hydrogen-bond donors (Lipinski definition) is 0. The maximum absolute atomic E-state index is 13.7. The Hall–Kier alpha value is -3.22. The van der Waals surface area contributed by atoms with E-state index in [1.165, 1.54) is 12.1 Å². The van der Waals surface area contributed by atoms with Crippen molar-refractivity contribution < 1.29 is 22.4 Å². The van der Waals surface area contributed by atoms with Gasteiger partial charge in [-0.1, -0.05) is 17.1 Å². The molecule has 0 radical (unpaired) electrons. The Morgan fingerprint density at radius 3 is 2.46 bits per heavy atom. The van der Waals surface area contributed by atoms with Crippen LogP contribution in [0.25, 0.3) is 22.3 Å². The van der Waals surface area contributed by atoms with Gasteiger partial charge in [0.15, 0.2) is 7.05 Å². The second-order valence-electron chi connectivity index (χ2n) is 6.73. The zero-order valence-corrected chi connectivity index (χ0v) is 15.7. The number of hydrogen-bond acceptors (Lipinski definition) is 1. The average molecular weight is 384 g/mol. The molecule has 142 valence electrons. The zero-order chi connectivity index (χ0) is 20.1. The lowest BCUT2D eigenvalue weighted by atomic mass is 10.1. The topological polar surface area (TPSA) is 25.6 Å². The second kappa shape index (κ2) is 6.44. The van der Waals surface area contributed by atoms with E-state index in [0.29, 0.717) is 17.2 Å². The molecule has 0 saturated carbocycles. The van der Waals surface area contributed by atoms with Crippen molar-refractivity contribution >= 4 is 10.9 Å². The average Bonchev–Trinajstić information content (AvgIpc) is 2.99. The summed E-state index contributed by atoms with van der Waals surface area (Å²) in [6.07, 6.45) is 0.733. The first-order valence-corrected chi connectivity index (χ1v) is 8.79. The molecule has 0 bridgehead atoms. The van der Waals surface area contributed by atoms with Crippen LogP contribution < -0.4 is 9.25 Å². The van der Waals surface area contributed by atoms with Gasteiger partial charge < -0.3 is 0 Å². The summed E-state index contributed by atoms with van der Waals surface area (Å²) in [5, 5.41) is 0.952. The van der Waals surface area contributed by atoms with E-state index in [0.717, 1.165) is 16.5 Å². The molecule has 4 nitrogen and oxygen atoms in total. The number of fused-ring (bicyclic) bond motifs is 1. The molecule has 0 aliphatic carbocycles. The van der Waals surface area contributed by atoms with Crippen LogP contribution in [0.15, 0.2) is 61.1 Å². The van der Waals surface area contributed by atoms with Crippen molar-refractivity contribution in [3.63, 3.8) is 0 Å². The van der Waals surface area contributed by atoms with E-state index in [4.69, 9.17) is 0 Å². The predicted molar refractivity (Wildman–Crippen MR) is 98.3 cm³/mol. The van der Waals surface area contributed by atoms with E-state index in [1.54, 1.807) is 34.6 Å². The molecule has 0 N–H and O–H groups in total. The van der Waals surface area contributed by atoms with Gasteiger partial charge in [-0.15, -0.1) is 9.36 Å². The van der Waals surface area contributed by atoms with Crippen LogP contribution in [-0.2, 0) is 13.2 Å². The quantitative estimate of drug-likeness (QED) is 0.483. The molecule has 0 spiro atoms. The van der Waals surface area contributed by atoms with Crippen molar-refractivity contribution in [2.75, 3.05) is 0 Å². The smallest absolute Gasteiger partial charge is 0.200 e. The van der Waals surface area contributed by atoms with Gasteiger partial charge in [0.1, 0.15) is 23.8 Å². The summed E-state index contributed by atoms with van der Waals surface area (Å²) in [5.41, 5.74) is 1.89. The van der Waals surface area contributed by atoms with Crippen molar-refractivity contribution in [1.82, 2.24) is 9.67 Å². The van der Waals surface area contributed by atoms with Crippen molar-refractivity contribution in [1.29, 1.82) is 0 Å². The Labute approximate surface area is 160 Å². The zero-order valence-electron chi connectivity index (χ0n) is 15.7. The van der Waals surface area contributed by atoms with Crippen molar-refractivity contribution in [2.24, 2.45) is 7.05 Å². The Kier molecular flexibility index (Phi) is 4.18. The van der Waals surface area contributed by atoms with Crippen LogP contribution in [0.5, 0.6) is 0 Å². The van der Waals surface area contributed by atoms with Gasteiger partial charge in [-0.2, -0.15) is 13.2 Å². The molecule has 2 aromatic heterocycles. The number of para-hydroxylation sites is 1. The van der Waals surface area contributed by atoms with Gasteiger partial charge in [0.05, 0.1) is 17.1 Å². The first kappa shape index (κ1) is 18.2. The standard InChI is InChI=1S/C21H19F3N4/c1-14-19(27-10-6-9-25-15(27)2)11-17(21(22,23)24)12-20(14)28-13-16-7-4-5-8-18(16)26(28)3/h4-13H,1-3H3/q+2. The monoisotopic (exact) mass is 384 g/mol. The van der Waals surface area contributed by atoms with Crippen molar-refractivity contribution in [2.45, 2.75) is 20.0 Å². The SMILES string of the molecule is Cc1c(-n2cc3ccccc3[n+]2C)cc(C(F)(F)F)cc1-[n+]1cccnc1C. The van der Waals surface area contributed by atoms with Gasteiger partial charge in [-0.25, -0.2) is 4.57 Å². The molecule has 28 heavy (non-hydrogen) atoms. The number of aryl methyl sites for hydroxylation is 2. The molecule has 0 saturated heterocycles. The van der Waals surface area contributed by atoms with Crippen LogP contribution in [0.1, 0.15) is 17.0 Å². The minimum Gasteiger partial charge on any atom is -0.200 e. The number of aromatic nitrogens is 4. The Balaban J connectivity index is 2.05. The van der Waals surface area contributed by atoms with Gasteiger partial charge in [0.2, 0.25) is 5.52 Å². The molecule has 0 amide bonds. The van der Waals surface area contributed by atoms with Gasteiger partial charge in [0, 0.05) is 24.6 Å². The Morgan fingerprint density at radius 1 is 1.04 bits per heavy atom. The number of benzene rings is 2. The first-order valence-electron chi connectivity index (χ1n) is 8.79. The van der Waals surface area contributed by atoms with Crippen LogP contribution in [0.4, 0.5) is 13.2 Å². The number of halogens is 3. The molecular weight excluding hydrogens is 365 g/mol. The van der Waals surface area contributed by atoms with Gasteiger partial charge in [0.25, 0.3) is 5.82 Å². The van der Waals surface area contributed by atoms with Crippen molar-refractivity contribution in [3.05, 3.63) is 78.0 Å². The van der Waals surface area contributed by atoms with E-state index in [-0.39, 0.29) is 0 Å². The van der Waals surface area contributed by atoms with Crippen molar-refractivity contribution in [3.8, 4) is 11.4 Å². The highest BCUT2D eigenvalue weighted by molar-refractivity contribution is 5.75. The molecule has 0 aliphatic heterocycles. The number of alkyl halides is 3. The molecule has 0 aliphatic rings. The third-order valence-electron chi connectivity index (χ3n) is 4.99. The summed E-state index contributed by atoms with van der Waals surface area (Å²) >= 11 is 0. The maximum atomic E-state index is 13.7. The summed E-state index contributed by atoms with van der Waals surface area (Å²) in [6, 6.07) is 11.8. The summed E-state index contributed by atoms with van der Waals surface area (Å²) in [5.74, 6) is 0.609. The Bertz CT molecular complexity index is 1190. The molecule has 2 heterocycles. The fourth-order valence-corrected chi connectivity index (χ4v) is 3.49. The first-order chi connectivity index (χ1) is 13.3. The van der Waals surface area contributed by atoms with E-state index < -0.39 is 11.7 Å². The van der Waals surface area contributed by atoms with E-state index in [2.05, 4.69) is 4.98 Å². The number of nitrogens with zero attached hydrogens (tertiary/aromatic N) is 4. The molecule has 0 fully saturated rings. The highest BCUT2D eigenvalue weighted by atomic mass is 19.4. The normalized spacial score (nSPS) is 11.9. The van der Waals surface area contributed by atoms with Crippen LogP contribution in [-0.4, -0.2) is 9.67 Å². The lowest BCUT2D eigenvalue weighted by molar-refractivity contribution is -0.720. The second-order valence-corrected chi connectivity index (χ2v) is 6.73. The fraction of sp³-hybridized carbons (Fsp3) is 0.190. The molecule has 0 atom stereocenters. The minimum atomic E-state index is -4.46. The minimum absolute atomic E-state index is 0.452. The van der Waals surface area contributed by atoms with Crippen LogP contribution in [0.3, 0.4) is 0 Å². The highest BCUT2D eigenvalue weighted by Gasteiger charge is 2.34. The fourth-order valence-electron chi connectivity index (χ4n) is 3.49. The summed E-state index contributed by atoms with van der Waals surface area (Å²) < 4.78 is 46.3. The van der Waals surface area contributed by atoms with Crippen LogP contribution in [0.2, 0.25) is 0 Å². The van der Waals surface area contributed by atoms with E-state index in [9.17, 15) is 13.2 Å². The molecule has 4 aromatic rings. The van der Waals surface area contributed by atoms with Gasteiger partial charge in [-0.3, -0.25) is 0 Å². The summed E-state index contributed by atoms with van der Waals surface area (Å²) in [4.78, 5) is 4.21. The largest absolute Gasteiger partial charge is 0.416 e. The number of rotatable bonds is 2. The molecular formula is C21H19F3N4+2. The highest BCUT2D eigenvalue weighted by Crippen LogP contribution is 2.33. The summed E-state index contributed by atoms with van der Waals surface area (Å²) in [6.45, 7) is 3.60. The predicted octanol–water partition coefficient (Wildman–Crippen LogP) is 3.76. The summed E-state index contributed by atoms with van der Waals surface area (Å²) in [7, 11) is 1.84. The van der Waals surface area contributed by atoms with Crippen LogP contribution >= 0.6 is 0 Å². The van der Waals surface area contributed by atoms with Gasteiger partial charge >= 0.3 is 6.18 Å². The molecule has 4 rings (SSSR count). The third-order valence-corrected chi connectivity index (χ3v) is 4.99. The molecule has 0 unspecified atom stereocenters. The van der Waals surface area contributed by atoms with E-state index >= 15 is 0 Å². The van der Waals surface area contributed by atoms with Crippen LogP contribution in [0, 0.1) is 13.8 Å². The lowest BCUT2D eigenvalue weighted by Gasteiger charge is -2.14. The Morgan fingerprint density at radius 2 is 1.79 bits per heavy atom.